The van der Waals surface area contributed by atoms with Gasteiger partial charge < -0.3 is 14.2 Å². The Morgan fingerprint density at radius 2 is 2.00 bits per heavy atom. The predicted molar refractivity (Wildman–Crippen MR) is 71.8 cm³/mol. The van der Waals surface area contributed by atoms with E-state index in [0.29, 0.717) is 17.9 Å². The molecule has 0 radical (unpaired) electrons. The van der Waals surface area contributed by atoms with Gasteiger partial charge in [-0.15, -0.1) is 0 Å². The molecule has 0 bridgehead atoms. The number of ether oxygens (including phenoxy) is 3. The summed E-state index contributed by atoms with van der Waals surface area (Å²) in [5.41, 5.74) is 0. The van der Waals surface area contributed by atoms with E-state index < -0.39 is 18.0 Å². The first-order valence-electron chi connectivity index (χ1n) is 6.76. The van der Waals surface area contributed by atoms with Crippen LogP contribution in [-0.2, 0) is 14.3 Å². The number of hydrogen-bond acceptors (Lipinski definition) is 5. The summed E-state index contributed by atoms with van der Waals surface area (Å²) in [5, 5.41) is 0. The van der Waals surface area contributed by atoms with Gasteiger partial charge in [-0.05, 0) is 25.5 Å². The third-order valence-electron chi connectivity index (χ3n) is 3.15. The minimum absolute atomic E-state index is 0.117. The molecule has 108 valence electrons. The number of carbonyl (C=O) groups is 2. The fourth-order valence-electron chi connectivity index (χ4n) is 2.11. The highest BCUT2D eigenvalue weighted by Crippen LogP contribution is 2.31. The Balaban J connectivity index is 2.08. The Labute approximate surface area is 117 Å². The fraction of sp³-hybridized carbons (Fsp3) is 0.467. The third-order valence-corrected chi connectivity index (χ3v) is 3.15. The second-order valence-corrected chi connectivity index (χ2v) is 4.48. The number of ketones is 1. The SMILES string of the molecule is CCOC(=O)C(CC)C(=O)C1COc2ccccc2O1. The van der Waals surface area contributed by atoms with Gasteiger partial charge in [0, 0.05) is 0 Å². The normalized spacial score (nSPS) is 18.2. The highest BCUT2D eigenvalue weighted by Gasteiger charge is 2.36. The minimum Gasteiger partial charge on any atom is -0.485 e. The highest BCUT2D eigenvalue weighted by molar-refractivity contribution is 6.01. The van der Waals surface area contributed by atoms with Gasteiger partial charge in [-0.25, -0.2) is 0 Å². The Morgan fingerprint density at radius 3 is 2.65 bits per heavy atom. The molecule has 5 heteroatoms. The number of esters is 1. The topological polar surface area (TPSA) is 61.8 Å². The number of carbonyl (C=O) groups excluding carboxylic acids is 2. The molecule has 0 amide bonds. The van der Waals surface area contributed by atoms with Gasteiger partial charge in [0.1, 0.15) is 12.5 Å². The highest BCUT2D eigenvalue weighted by atomic mass is 16.6. The molecule has 1 aliphatic heterocycles. The molecule has 2 unspecified atom stereocenters. The molecule has 1 aromatic carbocycles. The number of rotatable bonds is 5. The van der Waals surface area contributed by atoms with E-state index in [-0.39, 0.29) is 19.0 Å². The summed E-state index contributed by atoms with van der Waals surface area (Å²) < 4.78 is 16.0. The summed E-state index contributed by atoms with van der Waals surface area (Å²) in [4.78, 5) is 24.1. The van der Waals surface area contributed by atoms with E-state index in [0.717, 1.165) is 0 Å². The van der Waals surface area contributed by atoms with E-state index in [1.54, 1.807) is 32.0 Å². The average Bonchev–Trinajstić information content (AvgIpc) is 2.47. The molecule has 0 aliphatic carbocycles. The zero-order valence-electron chi connectivity index (χ0n) is 11.6. The standard InChI is InChI=1S/C15H18O5/c1-3-10(15(17)18-4-2)14(16)13-9-19-11-7-5-6-8-12(11)20-13/h5-8,10,13H,3-4,9H2,1-2H3. The van der Waals surface area contributed by atoms with Crippen LogP contribution in [0.2, 0.25) is 0 Å². The zero-order chi connectivity index (χ0) is 14.5. The van der Waals surface area contributed by atoms with Gasteiger partial charge >= 0.3 is 5.97 Å². The lowest BCUT2D eigenvalue weighted by atomic mass is 9.97. The number of para-hydroxylation sites is 2. The molecule has 5 nitrogen and oxygen atoms in total. The molecular weight excluding hydrogens is 260 g/mol. The molecule has 0 fully saturated rings. The van der Waals surface area contributed by atoms with Crippen LogP contribution in [0.1, 0.15) is 20.3 Å². The molecule has 2 atom stereocenters. The van der Waals surface area contributed by atoms with Crippen LogP contribution in [0.15, 0.2) is 24.3 Å². The van der Waals surface area contributed by atoms with Crippen molar-refractivity contribution in [1.29, 1.82) is 0 Å². The molecule has 20 heavy (non-hydrogen) atoms. The van der Waals surface area contributed by atoms with E-state index in [1.807, 2.05) is 6.07 Å². The lowest BCUT2D eigenvalue weighted by molar-refractivity contribution is -0.154. The van der Waals surface area contributed by atoms with Crippen LogP contribution in [0, 0.1) is 5.92 Å². The van der Waals surface area contributed by atoms with Crippen molar-refractivity contribution in [2.24, 2.45) is 5.92 Å². The van der Waals surface area contributed by atoms with Gasteiger partial charge in [0.15, 0.2) is 23.4 Å². The molecule has 0 saturated carbocycles. The molecule has 1 aromatic rings. The maximum atomic E-state index is 12.3. The second kappa shape index (κ2) is 6.41. The van der Waals surface area contributed by atoms with Gasteiger partial charge in [-0.3, -0.25) is 9.59 Å². The Kier molecular flexibility index (Phi) is 4.61. The number of Topliss-reactive ketones (excluding diaryl/α,β-unsaturated/α-hetero) is 1. The largest absolute Gasteiger partial charge is 0.485 e. The quantitative estimate of drug-likeness (QED) is 0.609. The molecule has 0 saturated heterocycles. The number of hydrogen-bond donors (Lipinski definition) is 0. The predicted octanol–water partition coefficient (Wildman–Crippen LogP) is 1.98. The van der Waals surface area contributed by atoms with E-state index in [9.17, 15) is 9.59 Å². The van der Waals surface area contributed by atoms with Gasteiger partial charge in [0.2, 0.25) is 0 Å². The van der Waals surface area contributed by atoms with E-state index in [2.05, 4.69) is 0 Å². The fourth-order valence-corrected chi connectivity index (χ4v) is 2.11. The van der Waals surface area contributed by atoms with E-state index in [1.165, 1.54) is 0 Å². The zero-order valence-corrected chi connectivity index (χ0v) is 11.6. The Hall–Kier alpha value is -2.04. The van der Waals surface area contributed by atoms with Crippen molar-refractivity contribution in [1.82, 2.24) is 0 Å². The van der Waals surface area contributed by atoms with Gasteiger partial charge in [0.25, 0.3) is 0 Å². The summed E-state index contributed by atoms with van der Waals surface area (Å²) in [6.45, 7) is 3.86. The molecule has 0 spiro atoms. The van der Waals surface area contributed by atoms with Gasteiger partial charge in [-0.2, -0.15) is 0 Å². The molecule has 1 aliphatic rings. The van der Waals surface area contributed by atoms with Crippen LogP contribution in [0.25, 0.3) is 0 Å². The van der Waals surface area contributed by atoms with E-state index >= 15 is 0 Å². The Morgan fingerprint density at radius 1 is 1.30 bits per heavy atom. The first-order valence-corrected chi connectivity index (χ1v) is 6.76. The lowest BCUT2D eigenvalue weighted by Gasteiger charge is -2.27. The molecule has 0 aromatic heterocycles. The molecular formula is C15H18O5. The molecule has 1 heterocycles. The van der Waals surface area contributed by atoms with Crippen molar-refractivity contribution in [2.45, 2.75) is 26.4 Å². The van der Waals surface area contributed by atoms with Gasteiger partial charge in [0.05, 0.1) is 6.61 Å². The van der Waals surface area contributed by atoms with Crippen molar-refractivity contribution in [2.75, 3.05) is 13.2 Å². The minimum atomic E-state index is -0.797. The third kappa shape index (κ3) is 2.92. The summed E-state index contributed by atoms with van der Waals surface area (Å²) in [5.74, 6) is -0.451. The van der Waals surface area contributed by atoms with Crippen LogP contribution >= 0.6 is 0 Å². The summed E-state index contributed by atoms with van der Waals surface area (Å²) in [7, 11) is 0. The van der Waals surface area contributed by atoms with Crippen LogP contribution in [0.3, 0.4) is 0 Å². The summed E-state index contributed by atoms with van der Waals surface area (Å²) in [6.07, 6.45) is -0.377. The molecule has 2 rings (SSSR count). The Bertz CT molecular complexity index is 497. The van der Waals surface area contributed by atoms with Crippen molar-refractivity contribution in [3.63, 3.8) is 0 Å². The average molecular weight is 278 g/mol. The molecule has 0 N–H and O–H groups in total. The first kappa shape index (κ1) is 14.4. The van der Waals surface area contributed by atoms with Crippen molar-refractivity contribution in [3.8, 4) is 11.5 Å². The first-order chi connectivity index (χ1) is 9.67. The maximum absolute atomic E-state index is 12.3. The van der Waals surface area contributed by atoms with Crippen LogP contribution in [-0.4, -0.2) is 31.1 Å². The van der Waals surface area contributed by atoms with Crippen LogP contribution < -0.4 is 9.47 Å². The van der Waals surface area contributed by atoms with Crippen LogP contribution in [0.4, 0.5) is 0 Å². The van der Waals surface area contributed by atoms with E-state index in [4.69, 9.17) is 14.2 Å². The van der Waals surface area contributed by atoms with Gasteiger partial charge in [-0.1, -0.05) is 19.1 Å². The monoisotopic (exact) mass is 278 g/mol. The lowest BCUT2D eigenvalue weighted by Crippen LogP contribution is -2.42. The smallest absolute Gasteiger partial charge is 0.316 e. The number of fused-ring (bicyclic) bond motifs is 1. The van der Waals surface area contributed by atoms with Crippen molar-refractivity contribution < 1.29 is 23.8 Å². The van der Waals surface area contributed by atoms with Crippen LogP contribution in [0.5, 0.6) is 11.5 Å². The summed E-state index contributed by atoms with van der Waals surface area (Å²) >= 11 is 0. The van der Waals surface area contributed by atoms with Crippen molar-refractivity contribution >= 4 is 11.8 Å². The second-order valence-electron chi connectivity index (χ2n) is 4.48. The summed E-state index contributed by atoms with van der Waals surface area (Å²) in [6, 6.07) is 7.15. The number of benzene rings is 1. The maximum Gasteiger partial charge on any atom is 0.316 e. The van der Waals surface area contributed by atoms with Crippen molar-refractivity contribution in [3.05, 3.63) is 24.3 Å².